The van der Waals surface area contributed by atoms with Crippen LogP contribution in [0.15, 0.2) is 65.0 Å². The molecular formula is C20H15FN2O2S. The number of rotatable bonds is 4. The molecular weight excluding hydrogens is 351 g/mol. The molecule has 0 bridgehead atoms. The van der Waals surface area contributed by atoms with Gasteiger partial charge in [-0.3, -0.25) is 9.36 Å². The summed E-state index contributed by atoms with van der Waals surface area (Å²) in [6, 6.07) is 14.4. The summed E-state index contributed by atoms with van der Waals surface area (Å²) in [4.78, 5) is 17.0. The lowest BCUT2D eigenvalue weighted by Gasteiger charge is -2.12. The van der Waals surface area contributed by atoms with E-state index in [1.807, 2.05) is 36.8 Å². The third-order valence-corrected chi connectivity index (χ3v) is 5.04. The molecule has 0 N–H and O–H groups in total. The number of hydrogen-bond acceptors (Lipinski definition) is 4. The molecule has 0 saturated heterocycles. The van der Waals surface area contributed by atoms with Gasteiger partial charge in [-0.25, -0.2) is 9.37 Å². The molecule has 26 heavy (non-hydrogen) atoms. The van der Waals surface area contributed by atoms with Crippen LogP contribution >= 0.6 is 11.3 Å². The van der Waals surface area contributed by atoms with Crippen molar-refractivity contribution in [1.82, 2.24) is 9.55 Å². The number of aryl methyl sites for hydroxylation is 1. The number of benzene rings is 2. The van der Waals surface area contributed by atoms with Gasteiger partial charge in [-0.1, -0.05) is 12.1 Å². The second-order valence-electron chi connectivity index (χ2n) is 5.83. The SMILES string of the molecule is Cc1cc(=O)n(-c2ccc(OCF)cc2)cc1-c1cccc2scnc12. The molecule has 0 unspecified atom stereocenters. The van der Waals surface area contributed by atoms with E-state index in [4.69, 9.17) is 4.74 Å². The number of hydrogen-bond donors (Lipinski definition) is 0. The van der Waals surface area contributed by atoms with E-state index in [1.165, 1.54) is 0 Å². The highest BCUT2D eigenvalue weighted by atomic mass is 32.1. The van der Waals surface area contributed by atoms with E-state index in [2.05, 4.69) is 4.98 Å². The smallest absolute Gasteiger partial charge is 0.255 e. The fraction of sp³-hybridized carbons (Fsp3) is 0.100. The molecule has 0 aliphatic heterocycles. The summed E-state index contributed by atoms with van der Waals surface area (Å²) < 4.78 is 19.8. The highest BCUT2D eigenvalue weighted by Gasteiger charge is 2.12. The van der Waals surface area contributed by atoms with E-state index < -0.39 is 6.86 Å². The molecule has 4 rings (SSSR count). The fourth-order valence-corrected chi connectivity index (χ4v) is 3.68. The summed E-state index contributed by atoms with van der Waals surface area (Å²) in [6.07, 6.45) is 1.83. The van der Waals surface area contributed by atoms with E-state index in [0.717, 1.165) is 26.9 Å². The number of alkyl halides is 1. The minimum atomic E-state index is -0.883. The molecule has 2 heterocycles. The Labute approximate surface area is 153 Å². The Balaban J connectivity index is 1.86. The van der Waals surface area contributed by atoms with E-state index in [1.54, 1.807) is 46.2 Å². The summed E-state index contributed by atoms with van der Waals surface area (Å²) in [5.41, 5.74) is 6.14. The number of nitrogens with zero attached hydrogens (tertiary/aromatic N) is 2. The second kappa shape index (κ2) is 6.72. The Kier molecular flexibility index (Phi) is 4.26. The van der Waals surface area contributed by atoms with Crippen molar-refractivity contribution in [2.24, 2.45) is 0 Å². The molecule has 0 saturated carbocycles. The van der Waals surface area contributed by atoms with Crippen LogP contribution in [0, 0.1) is 6.92 Å². The standard InChI is InChI=1S/C20H15FN2O2S/c1-13-9-19(24)23(14-5-7-15(8-6-14)25-11-21)10-17(13)16-3-2-4-18-20(16)22-12-26-18/h2-10,12H,11H2,1H3. The van der Waals surface area contributed by atoms with Crippen molar-refractivity contribution in [2.45, 2.75) is 6.92 Å². The van der Waals surface area contributed by atoms with Crippen molar-refractivity contribution in [3.63, 3.8) is 0 Å². The van der Waals surface area contributed by atoms with Gasteiger partial charge in [-0.2, -0.15) is 0 Å². The van der Waals surface area contributed by atoms with Gasteiger partial charge in [-0.05, 0) is 42.8 Å². The Morgan fingerprint density at radius 2 is 1.96 bits per heavy atom. The molecule has 4 aromatic rings. The third-order valence-electron chi connectivity index (χ3n) is 4.25. The monoisotopic (exact) mass is 366 g/mol. The predicted molar refractivity (Wildman–Crippen MR) is 102 cm³/mol. The van der Waals surface area contributed by atoms with Gasteiger partial charge in [-0.15, -0.1) is 11.3 Å². The Bertz CT molecular complexity index is 1130. The molecule has 0 atom stereocenters. The maximum atomic E-state index is 12.5. The molecule has 0 amide bonds. The molecule has 0 spiro atoms. The van der Waals surface area contributed by atoms with Crippen LogP contribution in [-0.2, 0) is 0 Å². The summed E-state index contributed by atoms with van der Waals surface area (Å²) in [5, 5.41) is 0. The lowest BCUT2D eigenvalue weighted by Crippen LogP contribution is -2.17. The minimum absolute atomic E-state index is 0.129. The van der Waals surface area contributed by atoms with E-state index >= 15 is 0 Å². The molecule has 0 radical (unpaired) electrons. The zero-order valence-corrected chi connectivity index (χ0v) is 14.8. The van der Waals surface area contributed by atoms with Gasteiger partial charge < -0.3 is 4.74 Å². The lowest BCUT2D eigenvalue weighted by atomic mass is 10.0. The zero-order valence-electron chi connectivity index (χ0n) is 14.0. The number of pyridine rings is 1. The van der Waals surface area contributed by atoms with Crippen molar-refractivity contribution in [3.8, 4) is 22.6 Å². The number of ether oxygens (including phenoxy) is 1. The van der Waals surface area contributed by atoms with E-state index in [9.17, 15) is 9.18 Å². The number of aromatic nitrogens is 2. The van der Waals surface area contributed by atoms with Crippen molar-refractivity contribution >= 4 is 21.6 Å². The average Bonchev–Trinajstić information content (AvgIpc) is 3.12. The summed E-state index contributed by atoms with van der Waals surface area (Å²) in [7, 11) is 0. The van der Waals surface area contributed by atoms with Gasteiger partial charge in [0.1, 0.15) is 5.75 Å². The lowest BCUT2D eigenvalue weighted by molar-refractivity contribution is 0.192. The van der Waals surface area contributed by atoms with Crippen molar-refractivity contribution < 1.29 is 9.13 Å². The van der Waals surface area contributed by atoms with E-state index in [0.29, 0.717) is 11.4 Å². The van der Waals surface area contributed by atoms with Gasteiger partial charge in [0, 0.05) is 29.1 Å². The average molecular weight is 366 g/mol. The van der Waals surface area contributed by atoms with Crippen LogP contribution < -0.4 is 10.3 Å². The predicted octanol–water partition coefficient (Wildman–Crippen LogP) is 4.73. The first kappa shape index (κ1) is 16.5. The highest BCUT2D eigenvalue weighted by molar-refractivity contribution is 7.16. The Morgan fingerprint density at radius 3 is 2.73 bits per heavy atom. The van der Waals surface area contributed by atoms with Crippen LogP contribution in [0.1, 0.15) is 5.56 Å². The van der Waals surface area contributed by atoms with Crippen LogP contribution in [-0.4, -0.2) is 16.4 Å². The normalized spacial score (nSPS) is 11.0. The highest BCUT2D eigenvalue weighted by Crippen LogP contribution is 2.31. The maximum Gasteiger partial charge on any atom is 0.255 e. The first-order valence-corrected chi connectivity index (χ1v) is 8.90. The van der Waals surface area contributed by atoms with Crippen molar-refractivity contribution in [3.05, 3.63) is 76.2 Å². The number of fused-ring (bicyclic) bond motifs is 1. The van der Waals surface area contributed by atoms with E-state index in [-0.39, 0.29) is 5.56 Å². The Morgan fingerprint density at radius 1 is 1.15 bits per heavy atom. The van der Waals surface area contributed by atoms with Crippen LogP contribution in [0.3, 0.4) is 0 Å². The maximum absolute atomic E-state index is 12.5. The topological polar surface area (TPSA) is 44.1 Å². The third kappa shape index (κ3) is 2.88. The second-order valence-corrected chi connectivity index (χ2v) is 6.72. The molecule has 0 aliphatic carbocycles. The summed E-state index contributed by atoms with van der Waals surface area (Å²) in [5.74, 6) is 0.420. The molecule has 130 valence electrons. The van der Waals surface area contributed by atoms with Crippen molar-refractivity contribution in [1.29, 1.82) is 0 Å². The van der Waals surface area contributed by atoms with Crippen LogP contribution in [0.25, 0.3) is 27.0 Å². The minimum Gasteiger partial charge on any atom is -0.463 e. The molecule has 4 nitrogen and oxygen atoms in total. The molecule has 0 fully saturated rings. The fourth-order valence-electron chi connectivity index (χ4n) is 2.98. The Hall–Kier alpha value is -2.99. The summed E-state index contributed by atoms with van der Waals surface area (Å²) in [6.45, 7) is 1.04. The quantitative estimate of drug-likeness (QED) is 0.524. The van der Waals surface area contributed by atoms with Crippen LogP contribution in [0.5, 0.6) is 5.75 Å². The molecule has 2 aromatic heterocycles. The number of halogens is 1. The van der Waals surface area contributed by atoms with Gasteiger partial charge in [0.15, 0.2) is 0 Å². The molecule has 0 aliphatic rings. The zero-order chi connectivity index (χ0) is 18.1. The largest absolute Gasteiger partial charge is 0.463 e. The van der Waals surface area contributed by atoms with Gasteiger partial charge in [0.25, 0.3) is 5.56 Å². The first-order chi connectivity index (χ1) is 12.7. The van der Waals surface area contributed by atoms with Gasteiger partial charge in [0.05, 0.1) is 15.7 Å². The molecule has 6 heteroatoms. The number of thiazole rings is 1. The molecule has 2 aromatic carbocycles. The van der Waals surface area contributed by atoms with Gasteiger partial charge in [0.2, 0.25) is 6.86 Å². The van der Waals surface area contributed by atoms with Crippen LogP contribution in [0.4, 0.5) is 4.39 Å². The first-order valence-electron chi connectivity index (χ1n) is 8.02. The summed E-state index contributed by atoms with van der Waals surface area (Å²) >= 11 is 1.59. The van der Waals surface area contributed by atoms with Crippen molar-refractivity contribution in [2.75, 3.05) is 6.86 Å². The van der Waals surface area contributed by atoms with Crippen LogP contribution in [0.2, 0.25) is 0 Å². The number of para-hydroxylation sites is 1. The van der Waals surface area contributed by atoms with Gasteiger partial charge >= 0.3 is 0 Å².